The lowest BCUT2D eigenvalue weighted by Gasteiger charge is -2.14. The molecule has 0 aliphatic rings. The van der Waals surface area contributed by atoms with Crippen molar-refractivity contribution in [2.75, 3.05) is 24.9 Å². The van der Waals surface area contributed by atoms with Gasteiger partial charge in [0.1, 0.15) is 11.5 Å². The van der Waals surface area contributed by atoms with Gasteiger partial charge < -0.3 is 20.1 Å². The van der Waals surface area contributed by atoms with Crippen LogP contribution in [0, 0.1) is 3.57 Å². The fourth-order valence-electron chi connectivity index (χ4n) is 1.72. The Bertz CT molecular complexity index is 632. The van der Waals surface area contributed by atoms with Crippen molar-refractivity contribution in [1.29, 1.82) is 0 Å². The number of hydrogen-bond acceptors (Lipinski definition) is 3. The third-order valence-electron chi connectivity index (χ3n) is 2.76. The van der Waals surface area contributed by atoms with Crippen LogP contribution in [-0.2, 0) is 0 Å². The second-order valence-corrected chi connectivity index (χ2v) is 5.81. The van der Waals surface area contributed by atoms with Crippen molar-refractivity contribution in [3.63, 3.8) is 0 Å². The first-order valence-corrected chi connectivity index (χ1v) is 7.66. The van der Waals surface area contributed by atoms with Crippen LogP contribution in [0.4, 0.5) is 11.4 Å². The summed E-state index contributed by atoms with van der Waals surface area (Å²) in [6.45, 7) is 0. The number of thiocarbonyl (C=S) groups is 1. The Kier molecular flexibility index (Phi) is 5.63. The molecule has 0 aliphatic heterocycles. The first kappa shape index (κ1) is 15.8. The van der Waals surface area contributed by atoms with Crippen molar-refractivity contribution >= 4 is 51.3 Å². The van der Waals surface area contributed by atoms with Crippen LogP contribution in [0.25, 0.3) is 0 Å². The van der Waals surface area contributed by atoms with E-state index in [1.54, 1.807) is 20.3 Å². The van der Waals surface area contributed by atoms with Gasteiger partial charge in [-0.2, -0.15) is 0 Å². The summed E-state index contributed by atoms with van der Waals surface area (Å²) < 4.78 is 11.7. The molecule has 21 heavy (non-hydrogen) atoms. The number of rotatable bonds is 4. The van der Waals surface area contributed by atoms with Gasteiger partial charge in [0.05, 0.1) is 19.9 Å². The Morgan fingerprint density at radius 3 is 2.33 bits per heavy atom. The SMILES string of the molecule is COc1ccc(NC(=S)Nc2ccc(I)cc2)c(OC)c1. The predicted molar refractivity (Wildman–Crippen MR) is 98.5 cm³/mol. The van der Waals surface area contributed by atoms with Crippen molar-refractivity contribution in [3.8, 4) is 11.5 Å². The number of hydrogen-bond donors (Lipinski definition) is 2. The highest BCUT2D eigenvalue weighted by Crippen LogP contribution is 2.29. The normalized spacial score (nSPS) is 9.86. The molecule has 0 saturated carbocycles. The van der Waals surface area contributed by atoms with E-state index in [1.165, 1.54) is 3.57 Å². The van der Waals surface area contributed by atoms with E-state index in [4.69, 9.17) is 21.7 Å². The molecule has 0 aliphatic carbocycles. The smallest absolute Gasteiger partial charge is 0.175 e. The van der Waals surface area contributed by atoms with E-state index in [0.29, 0.717) is 10.9 Å². The highest BCUT2D eigenvalue weighted by atomic mass is 127. The maximum Gasteiger partial charge on any atom is 0.175 e. The highest BCUT2D eigenvalue weighted by Gasteiger charge is 2.07. The summed E-state index contributed by atoms with van der Waals surface area (Å²) in [7, 11) is 3.22. The first-order chi connectivity index (χ1) is 10.1. The molecule has 2 aromatic rings. The van der Waals surface area contributed by atoms with E-state index in [1.807, 2.05) is 36.4 Å². The minimum absolute atomic E-state index is 0.500. The maximum absolute atomic E-state index is 5.32. The maximum atomic E-state index is 5.32. The van der Waals surface area contributed by atoms with Crippen molar-refractivity contribution < 1.29 is 9.47 Å². The zero-order valence-electron chi connectivity index (χ0n) is 11.6. The number of benzene rings is 2. The first-order valence-electron chi connectivity index (χ1n) is 6.18. The van der Waals surface area contributed by atoms with E-state index in [9.17, 15) is 0 Å². The Labute approximate surface area is 143 Å². The van der Waals surface area contributed by atoms with Crippen molar-refractivity contribution in [2.45, 2.75) is 0 Å². The van der Waals surface area contributed by atoms with Crippen molar-refractivity contribution in [1.82, 2.24) is 0 Å². The zero-order valence-corrected chi connectivity index (χ0v) is 14.6. The number of nitrogens with one attached hydrogen (secondary N) is 2. The minimum Gasteiger partial charge on any atom is -0.497 e. The molecule has 110 valence electrons. The third kappa shape index (κ3) is 4.47. The van der Waals surface area contributed by atoms with Crippen molar-refractivity contribution in [3.05, 3.63) is 46.0 Å². The molecule has 2 N–H and O–H groups in total. The van der Waals surface area contributed by atoms with E-state index in [2.05, 4.69) is 33.2 Å². The molecule has 0 aromatic heterocycles. The highest BCUT2D eigenvalue weighted by molar-refractivity contribution is 14.1. The van der Waals surface area contributed by atoms with Gasteiger partial charge in [-0.15, -0.1) is 0 Å². The van der Waals surface area contributed by atoms with Gasteiger partial charge in [0.15, 0.2) is 5.11 Å². The van der Waals surface area contributed by atoms with E-state index < -0.39 is 0 Å². The average molecular weight is 414 g/mol. The van der Waals surface area contributed by atoms with Gasteiger partial charge in [0.2, 0.25) is 0 Å². The number of anilines is 2. The van der Waals surface area contributed by atoms with Gasteiger partial charge in [-0.05, 0) is 71.2 Å². The summed E-state index contributed by atoms with van der Waals surface area (Å²) in [6, 6.07) is 13.5. The van der Waals surface area contributed by atoms with Gasteiger partial charge in [-0.1, -0.05) is 0 Å². The lowest BCUT2D eigenvalue weighted by atomic mass is 10.2. The van der Waals surface area contributed by atoms with Gasteiger partial charge >= 0.3 is 0 Å². The van der Waals surface area contributed by atoms with E-state index in [-0.39, 0.29) is 0 Å². The Morgan fingerprint density at radius 1 is 1.00 bits per heavy atom. The molecular formula is C15H15IN2O2S. The van der Waals surface area contributed by atoms with Crippen molar-refractivity contribution in [2.24, 2.45) is 0 Å². The Hall–Kier alpha value is -1.54. The topological polar surface area (TPSA) is 42.5 Å². The van der Waals surface area contributed by atoms with Crippen LogP contribution in [-0.4, -0.2) is 19.3 Å². The molecule has 6 heteroatoms. The molecular weight excluding hydrogens is 399 g/mol. The summed E-state index contributed by atoms with van der Waals surface area (Å²) in [5.41, 5.74) is 1.71. The Balaban J connectivity index is 2.07. The molecule has 0 saturated heterocycles. The molecule has 2 rings (SSSR count). The summed E-state index contributed by atoms with van der Waals surface area (Å²) >= 11 is 7.57. The van der Waals surface area contributed by atoms with Gasteiger partial charge in [-0.25, -0.2) is 0 Å². The van der Waals surface area contributed by atoms with E-state index in [0.717, 1.165) is 17.1 Å². The van der Waals surface area contributed by atoms with Crippen LogP contribution < -0.4 is 20.1 Å². The lowest BCUT2D eigenvalue weighted by Crippen LogP contribution is -2.19. The van der Waals surface area contributed by atoms with Crippen LogP contribution in [0.2, 0.25) is 0 Å². The fourth-order valence-corrected chi connectivity index (χ4v) is 2.31. The van der Waals surface area contributed by atoms with Gasteiger partial charge in [0.25, 0.3) is 0 Å². The van der Waals surface area contributed by atoms with Crippen LogP contribution >= 0.6 is 34.8 Å². The van der Waals surface area contributed by atoms with E-state index >= 15 is 0 Å². The Morgan fingerprint density at radius 2 is 1.71 bits per heavy atom. The molecule has 0 unspecified atom stereocenters. The molecule has 0 radical (unpaired) electrons. The standard InChI is InChI=1S/C15H15IN2O2S/c1-19-12-7-8-13(14(9-12)20-2)18-15(21)17-11-5-3-10(16)4-6-11/h3-9H,1-2H3,(H2,17,18,21). The minimum atomic E-state index is 0.500. The third-order valence-corrected chi connectivity index (χ3v) is 3.68. The van der Waals surface area contributed by atoms with Gasteiger partial charge in [-0.3, -0.25) is 0 Å². The van der Waals surface area contributed by atoms with Crippen LogP contribution in [0.1, 0.15) is 0 Å². The summed E-state index contributed by atoms with van der Waals surface area (Å²) in [6.07, 6.45) is 0. The zero-order chi connectivity index (χ0) is 15.2. The number of methoxy groups -OCH3 is 2. The monoisotopic (exact) mass is 414 g/mol. The second-order valence-electron chi connectivity index (χ2n) is 4.15. The second kappa shape index (κ2) is 7.46. The molecule has 0 fully saturated rings. The molecule has 4 nitrogen and oxygen atoms in total. The molecule has 2 aromatic carbocycles. The summed E-state index contributed by atoms with van der Waals surface area (Å²) in [4.78, 5) is 0. The molecule has 0 atom stereocenters. The lowest BCUT2D eigenvalue weighted by molar-refractivity contribution is 0.395. The molecule has 0 spiro atoms. The number of ether oxygens (including phenoxy) is 2. The molecule has 0 amide bonds. The molecule has 0 heterocycles. The molecule has 0 bridgehead atoms. The van der Waals surface area contributed by atoms with Gasteiger partial charge in [0, 0.05) is 15.3 Å². The summed E-state index contributed by atoms with van der Waals surface area (Å²) in [5, 5.41) is 6.74. The average Bonchev–Trinajstić information content (AvgIpc) is 2.50. The quantitative estimate of drug-likeness (QED) is 0.582. The predicted octanol–water partition coefficient (Wildman–Crippen LogP) is 4.12. The largest absolute Gasteiger partial charge is 0.497 e. The summed E-state index contributed by atoms with van der Waals surface area (Å²) in [5.74, 6) is 1.40. The fraction of sp³-hybridized carbons (Fsp3) is 0.133. The van der Waals surface area contributed by atoms with Crippen LogP contribution in [0.15, 0.2) is 42.5 Å². The van der Waals surface area contributed by atoms with Crippen LogP contribution in [0.3, 0.4) is 0 Å². The van der Waals surface area contributed by atoms with Crippen LogP contribution in [0.5, 0.6) is 11.5 Å². The number of halogens is 1.